The Morgan fingerprint density at radius 2 is 1.26 bits per heavy atom. The number of allylic oxidation sites excluding steroid dienone is 1. The number of nitrogens with zero attached hydrogens (tertiary/aromatic N) is 2. The Balaban J connectivity index is 1.54. The second-order valence-corrected chi connectivity index (χ2v) is 9.64. The fraction of sp³-hybridized carbons (Fsp3) is 0.276. The zero-order valence-corrected chi connectivity index (χ0v) is 20.3. The third kappa shape index (κ3) is 4.14. The van der Waals surface area contributed by atoms with Crippen LogP contribution < -0.4 is 20.4 Å². The van der Waals surface area contributed by atoms with Crippen LogP contribution in [0.25, 0.3) is 0 Å². The van der Waals surface area contributed by atoms with Gasteiger partial charge >= 0.3 is 0 Å². The number of carbonyl (C=O) groups is 1. The van der Waals surface area contributed by atoms with Gasteiger partial charge in [0.25, 0.3) is 0 Å². The van der Waals surface area contributed by atoms with Gasteiger partial charge in [-0.2, -0.15) is 0 Å². The Labute approximate surface area is 202 Å². The first kappa shape index (κ1) is 22.1. The van der Waals surface area contributed by atoms with Crippen molar-refractivity contribution >= 4 is 28.5 Å². The minimum Gasteiger partial charge on any atom is -0.378 e. The molecule has 5 nitrogen and oxygen atoms in total. The highest BCUT2D eigenvalue weighted by Crippen LogP contribution is 2.44. The highest BCUT2D eigenvalue weighted by Gasteiger charge is 2.36. The van der Waals surface area contributed by atoms with Crippen molar-refractivity contribution in [1.82, 2.24) is 0 Å². The van der Waals surface area contributed by atoms with Crippen LogP contribution in [-0.4, -0.2) is 34.0 Å². The average molecular weight is 453 g/mol. The molecular formula is C29H32N4O. The number of nitrogens with one attached hydrogen (secondary N) is 2. The third-order valence-corrected chi connectivity index (χ3v) is 6.93. The summed E-state index contributed by atoms with van der Waals surface area (Å²) in [6, 6.07) is 25.1. The summed E-state index contributed by atoms with van der Waals surface area (Å²) < 4.78 is 0. The van der Waals surface area contributed by atoms with Crippen molar-refractivity contribution in [3.8, 4) is 0 Å². The summed E-state index contributed by atoms with van der Waals surface area (Å²) in [6.07, 6.45) is 1.33. The number of Topliss-reactive ketones (excluding diaryl/α,β-unsaturated/α-hetero) is 1. The van der Waals surface area contributed by atoms with Crippen molar-refractivity contribution < 1.29 is 4.79 Å². The largest absolute Gasteiger partial charge is 0.378 e. The van der Waals surface area contributed by atoms with Gasteiger partial charge in [-0.15, -0.1) is 0 Å². The van der Waals surface area contributed by atoms with E-state index in [1.54, 1.807) is 0 Å². The van der Waals surface area contributed by atoms with Crippen LogP contribution in [-0.2, 0) is 4.79 Å². The molecule has 2 atom stereocenters. The molecule has 0 aromatic heterocycles. The SMILES string of the molecule is CN(C)c1ccc(C2CC(=O)C3=C(C2)Nc2ccccc2NC3c2ccc(N(C)C)cc2)cc1. The first-order chi connectivity index (χ1) is 16.4. The number of benzene rings is 3. The van der Waals surface area contributed by atoms with Crippen LogP contribution in [0.4, 0.5) is 22.7 Å². The van der Waals surface area contributed by atoms with Crippen LogP contribution in [0.5, 0.6) is 0 Å². The summed E-state index contributed by atoms with van der Waals surface area (Å²) in [7, 11) is 8.16. The molecule has 0 radical (unpaired) electrons. The first-order valence-electron chi connectivity index (χ1n) is 11.8. The molecule has 34 heavy (non-hydrogen) atoms. The molecule has 2 N–H and O–H groups in total. The predicted octanol–water partition coefficient (Wildman–Crippen LogP) is 5.80. The molecule has 174 valence electrons. The molecule has 1 heterocycles. The van der Waals surface area contributed by atoms with Crippen molar-refractivity contribution in [2.24, 2.45) is 0 Å². The number of carbonyl (C=O) groups excluding carboxylic acids is 1. The summed E-state index contributed by atoms with van der Waals surface area (Å²) >= 11 is 0. The predicted molar refractivity (Wildman–Crippen MR) is 142 cm³/mol. The maximum absolute atomic E-state index is 13.7. The molecule has 3 aromatic carbocycles. The van der Waals surface area contributed by atoms with E-state index < -0.39 is 0 Å². The third-order valence-electron chi connectivity index (χ3n) is 6.93. The maximum Gasteiger partial charge on any atom is 0.163 e. The topological polar surface area (TPSA) is 47.6 Å². The molecule has 1 aliphatic carbocycles. The zero-order chi connectivity index (χ0) is 23.8. The van der Waals surface area contributed by atoms with Crippen LogP contribution in [0.2, 0.25) is 0 Å². The molecule has 1 aliphatic heterocycles. The Hall–Kier alpha value is -3.73. The van der Waals surface area contributed by atoms with Crippen molar-refractivity contribution in [3.05, 3.63) is 95.2 Å². The number of anilines is 4. The fourth-order valence-electron chi connectivity index (χ4n) is 4.99. The van der Waals surface area contributed by atoms with E-state index >= 15 is 0 Å². The van der Waals surface area contributed by atoms with E-state index in [1.165, 1.54) is 5.56 Å². The molecule has 0 bridgehead atoms. The van der Waals surface area contributed by atoms with Crippen LogP contribution in [0.3, 0.4) is 0 Å². The zero-order valence-electron chi connectivity index (χ0n) is 20.3. The van der Waals surface area contributed by atoms with Crippen LogP contribution >= 0.6 is 0 Å². The highest BCUT2D eigenvalue weighted by molar-refractivity contribution is 6.01. The number of hydrogen-bond acceptors (Lipinski definition) is 5. The molecule has 5 rings (SSSR count). The van der Waals surface area contributed by atoms with Gasteiger partial charge in [-0.05, 0) is 59.9 Å². The molecule has 0 spiro atoms. The number of ketones is 1. The lowest BCUT2D eigenvalue weighted by atomic mass is 9.78. The lowest BCUT2D eigenvalue weighted by Crippen LogP contribution is -2.27. The summed E-state index contributed by atoms with van der Waals surface area (Å²) in [6.45, 7) is 0. The number of fused-ring (bicyclic) bond motifs is 1. The van der Waals surface area contributed by atoms with E-state index in [0.29, 0.717) is 6.42 Å². The minimum atomic E-state index is -0.188. The van der Waals surface area contributed by atoms with Gasteiger partial charge in [0, 0.05) is 57.3 Å². The van der Waals surface area contributed by atoms with Crippen molar-refractivity contribution in [2.45, 2.75) is 24.8 Å². The van der Waals surface area contributed by atoms with E-state index in [-0.39, 0.29) is 17.7 Å². The fourth-order valence-corrected chi connectivity index (χ4v) is 4.99. The van der Waals surface area contributed by atoms with E-state index in [0.717, 1.165) is 46.0 Å². The van der Waals surface area contributed by atoms with E-state index in [2.05, 4.69) is 81.1 Å². The van der Waals surface area contributed by atoms with Gasteiger partial charge in [-0.3, -0.25) is 4.79 Å². The molecule has 0 fully saturated rings. The standard InChI is InChI=1S/C29H32N4O/c1-32(2)22-13-9-19(10-14-22)21-17-26-28(27(34)18-21)29(20-11-15-23(16-12-20)33(3)4)31-25-8-6-5-7-24(25)30-26/h5-16,21,29-31H,17-18H2,1-4H3. The van der Waals surface area contributed by atoms with Gasteiger partial charge in [0.15, 0.2) is 5.78 Å². The summed E-state index contributed by atoms with van der Waals surface area (Å²) in [5, 5.41) is 7.30. The lowest BCUT2D eigenvalue weighted by molar-refractivity contribution is -0.116. The van der Waals surface area contributed by atoms with Gasteiger partial charge in [-0.25, -0.2) is 0 Å². The van der Waals surface area contributed by atoms with Crippen LogP contribution in [0.15, 0.2) is 84.1 Å². The molecule has 0 saturated heterocycles. The summed E-state index contributed by atoms with van der Waals surface area (Å²) in [5.74, 6) is 0.370. The number of hydrogen-bond donors (Lipinski definition) is 2. The minimum absolute atomic E-state index is 0.164. The monoisotopic (exact) mass is 452 g/mol. The van der Waals surface area contributed by atoms with E-state index in [9.17, 15) is 4.79 Å². The summed E-state index contributed by atoms with van der Waals surface area (Å²) in [4.78, 5) is 17.9. The van der Waals surface area contributed by atoms with Gasteiger partial charge < -0.3 is 20.4 Å². The lowest BCUT2D eigenvalue weighted by Gasteiger charge is -2.30. The second kappa shape index (κ2) is 8.90. The highest BCUT2D eigenvalue weighted by atomic mass is 16.1. The van der Waals surface area contributed by atoms with Crippen molar-refractivity contribution in [3.63, 3.8) is 0 Å². The summed E-state index contributed by atoms with van der Waals surface area (Å²) in [5.41, 5.74) is 8.52. The quantitative estimate of drug-likeness (QED) is 0.524. The molecule has 0 amide bonds. The van der Waals surface area contributed by atoms with Crippen molar-refractivity contribution in [1.29, 1.82) is 0 Å². The van der Waals surface area contributed by atoms with Gasteiger partial charge in [0.1, 0.15) is 0 Å². The molecule has 3 aromatic rings. The Morgan fingerprint density at radius 3 is 1.85 bits per heavy atom. The Kier molecular flexibility index (Phi) is 5.78. The van der Waals surface area contributed by atoms with Crippen LogP contribution in [0.1, 0.15) is 35.9 Å². The number of para-hydroxylation sites is 2. The molecule has 0 saturated carbocycles. The van der Waals surface area contributed by atoms with Gasteiger partial charge in [0.05, 0.1) is 17.4 Å². The Bertz CT molecular complexity index is 1230. The molecular weight excluding hydrogens is 420 g/mol. The number of rotatable bonds is 4. The van der Waals surface area contributed by atoms with Gasteiger partial charge in [0.2, 0.25) is 0 Å². The van der Waals surface area contributed by atoms with E-state index in [4.69, 9.17) is 0 Å². The van der Waals surface area contributed by atoms with Crippen LogP contribution in [0, 0.1) is 0 Å². The molecule has 2 aliphatic rings. The molecule has 2 unspecified atom stereocenters. The molecule has 5 heteroatoms. The maximum atomic E-state index is 13.7. The first-order valence-corrected chi connectivity index (χ1v) is 11.8. The average Bonchev–Trinajstić information content (AvgIpc) is 3.01. The second-order valence-electron chi connectivity index (χ2n) is 9.64. The van der Waals surface area contributed by atoms with E-state index in [1.807, 2.05) is 40.3 Å². The van der Waals surface area contributed by atoms with Gasteiger partial charge in [-0.1, -0.05) is 36.4 Å². The Morgan fingerprint density at radius 1 is 0.706 bits per heavy atom. The normalized spacial score (nSPS) is 19.4. The van der Waals surface area contributed by atoms with Crippen molar-refractivity contribution in [2.75, 3.05) is 48.6 Å². The smallest absolute Gasteiger partial charge is 0.163 e.